The highest BCUT2D eigenvalue weighted by atomic mass is 32.2. The Bertz CT molecular complexity index is 909. The molecule has 0 saturated carbocycles. The lowest BCUT2D eigenvalue weighted by Crippen LogP contribution is -2.27. The first-order valence-electron chi connectivity index (χ1n) is 8.11. The predicted molar refractivity (Wildman–Crippen MR) is 98.7 cm³/mol. The molecule has 0 fully saturated rings. The van der Waals surface area contributed by atoms with Gasteiger partial charge in [0.05, 0.1) is 12.1 Å². The summed E-state index contributed by atoms with van der Waals surface area (Å²) in [6, 6.07) is 4.35. The third kappa shape index (κ3) is 3.53. The molecule has 2 aliphatic rings. The molecule has 0 bridgehead atoms. The number of amides is 1. The molecule has 8 heteroatoms. The van der Waals surface area contributed by atoms with E-state index in [1.165, 1.54) is 35.2 Å². The van der Waals surface area contributed by atoms with Crippen molar-refractivity contribution in [1.29, 1.82) is 0 Å². The Morgan fingerprint density at radius 1 is 1.42 bits per heavy atom. The van der Waals surface area contributed by atoms with Gasteiger partial charge in [0, 0.05) is 37.7 Å². The number of aliphatic hydroxyl groups is 1. The highest BCUT2D eigenvalue weighted by Crippen LogP contribution is 2.42. The topological polar surface area (TPSA) is 74.2 Å². The molecule has 1 aromatic carbocycles. The standard InChI is InChI=1S/C18H16FN3O2S2/c19-11-2-3-13-16(6-11)26-15-4-1-10(5-14(15)22-18(13)24)17(23)21-8-12-7-20-9-25-12/h2-3,5-7,9,18,22,24H,1,4,8H2,(H,21,23). The number of allylic oxidation sites excluding steroid dienone is 2. The fourth-order valence-electron chi connectivity index (χ4n) is 2.91. The van der Waals surface area contributed by atoms with E-state index < -0.39 is 6.23 Å². The second kappa shape index (κ2) is 7.22. The number of hydrogen-bond acceptors (Lipinski definition) is 6. The zero-order valence-electron chi connectivity index (χ0n) is 13.7. The molecule has 1 unspecified atom stereocenters. The zero-order chi connectivity index (χ0) is 18.1. The monoisotopic (exact) mass is 389 g/mol. The number of fused-ring (bicyclic) bond motifs is 1. The number of hydrogen-bond donors (Lipinski definition) is 3. The SMILES string of the molecule is O=C(NCc1cncs1)C1=CC2=C(CC1)Sc1cc(F)ccc1C(O)N2. The van der Waals surface area contributed by atoms with E-state index in [4.69, 9.17) is 0 Å². The van der Waals surface area contributed by atoms with Crippen molar-refractivity contribution in [3.8, 4) is 0 Å². The quantitative estimate of drug-likeness (QED) is 0.752. The minimum absolute atomic E-state index is 0.126. The average Bonchev–Trinajstić information content (AvgIpc) is 3.10. The highest BCUT2D eigenvalue weighted by Gasteiger charge is 2.26. The van der Waals surface area contributed by atoms with E-state index in [0.29, 0.717) is 41.1 Å². The Labute approximate surface area is 158 Å². The number of aliphatic hydroxyl groups excluding tert-OH is 1. The van der Waals surface area contributed by atoms with Gasteiger partial charge in [0.15, 0.2) is 6.23 Å². The summed E-state index contributed by atoms with van der Waals surface area (Å²) in [4.78, 5) is 19.1. The van der Waals surface area contributed by atoms with Gasteiger partial charge in [0.2, 0.25) is 5.91 Å². The van der Waals surface area contributed by atoms with E-state index in [0.717, 1.165) is 9.78 Å². The first-order chi connectivity index (χ1) is 12.6. The van der Waals surface area contributed by atoms with Crippen LogP contribution >= 0.6 is 23.1 Å². The van der Waals surface area contributed by atoms with Gasteiger partial charge in [0.25, 0.3) is 0 Å². The molecular weight excluding hydrogens is 373 g/mol. The van der Waals surface area contributed by atoms with Crippen molar-refractivity contribution in [2.75, 3.05) is 0 Å². The van der Waals surface area contributed by atoms with E-state index in [1.807, 2.05) is 0 Å². The minimum Gasteiger partial charge on any atom is -0.369 e. The number of carbonyl (C=O) groups excluding carboxylic acids is 1. The molecular formula is C18H16FN3O2S2. The molecule has 134 valence electrons. The summed E-state index contributed by atoms with van der Waals surface area (Å²) in [6.45, 7) is 0.447. The van der Waals surface area contributed by atoms with Crippen molar-refractivity contribution in [2.24, 2.45) is 0 Å². The Balaban J connectivity index is 1.53. The van der Waals surface area contributed by atoms with Crippen LogP contribution in [-0.2, 0) is 11.3 Å². The normalized spacial score (nSPS) is 19.0. The van der Waals surface area contributed by atoms with E-state index in [1.54, 1.807) is 23.8 Å². The molecule has 4 rings (SSSR count). The van der Waals surface area contributed by atoms with Gasteiger partial charge in [-0.25, -0.2) is 4.39 Å². The molecule has 1 atom stereocenters. The Morgan fingerprint density at radius 2 is 2.31 bits per heavy atom. The molecule has 1 amide bonds. The smallest absolute Gasteiger partial charge is 0.247 e. The number of aromatic nitrogens is 1. The first-order valence-corrected chi connectivity index (χ1v) is 9.81. The summed E-state index contributed by atoms with van der Waals surface area (Å²) in [5, 5.41) is 16.3. The first kappa shape index (κ1) is 17.3. The summed E-state index contributed by atoms with van der Waals surface area (Å²) in [7, 11) is 0. The Hall–Kier alpha value is -2.16. The van der Waals surface area contributed by atoms with Crippen LogP contribution in [0, 0.1) is 5.82 Å². The van der Waals surface area contributed by atoms with E-state index in [-0.39, 0.29) is 11.7 Å². The molecule has 5 nitrogen and oxygen atoms in total. The van der Waals surface area contributed by atoms with Gasteiger partial charge in [-0.1, -0.05) is 17.8 Å². The van der Waals surface area contributed by atoms with Crippen molar-refractivity contribution in [3.05, 3.63) is 68.4 Å². The molecule has 26 heavy (non-hydrogen) atoms. The second-order valence-corrected chi connectivity index (χ2v) is 8.10. The summed E-state index contributed by atoms with van der Waals surface area (Å²) in [6.07, 6.45) is 3.83. The van der Waals surface area contributed by atoms with Gasteiger partial charge in [0.1, 0.15) is 5.82 Å². The van der Waals surface area contributed by atoms with Crippen LogP contribution in [0.2, 0.25) is 0 Å². The third-order valence-corrected chi connectivity index (χ3v) is 6.26. The molecule has 2 aromatic rings. The van der Waals surface area contributed by atoms with E-state index >= 15 is 0 Å². The molecule has 1 aliphatic carbocycles. The molecule has 0 spiro atoms. The second-order valence-electron chi connectivity index (χ2n) is 5.99. The molecule has 2 heterocycles. The number of thiazole rings is 1. The van der Waals surface area contributed by atoms with Gasteiger partial charge in [-0.3, -0.25) is 9.78 Å². The summed E-state index contributed by atoms with van der Waals surface area (Å²) in [5.74, 6) is -0.457. The molecule has 0 radical (unpaired) electrons. The fraction of sp³-hybridized carbons (Fsp3) is 0.222. The number of nitrogens with one attached hydrogen (secondary N) is 2. The Morgan fingerprint density at radius 3 is 3.12 bits per heavy atom. The van der Waals surface area contributed by atoms with Crippen LogP contribution in [0.3, 0.4) is 0 Å². The van der Waals surface area contributed by atoms with Crippen molar-refractivity contribution in [3.63, 3.8) is 0 Å². The van der Waals surface area contributed by atoms with Crippen LogP contribution in [0.4, 0.5) is 4.39 Å². The van der Waals surface area contributed by atoms with Gasteiger partial charge in [-0.05, 0) is 31.1 Å². The molecule has 1 aromatic heterocycles. The van der Waals surface area contributed by atoms with Crippen LogP contribution in [0.15, 0.2) is 57.1 Å². The van der Waals surface area contributed by atoms with E-state index in [2.05, 4.69) is 15.6 Å². The maximum atomic E-state index is 13.5. The van der Waals surface area contributed by atoms with Crippen molar-refractivity contribution in [2.45, 2.75) is 30.5 Å². The van der Waals surface area contributed by atoms with Crippen LogP contribution in [0.5, 0.6) is 0 Å². The summed E-state index contributed by atoms with van der Waals surface area (Å²) >= 11 is 2.93. The Kier molecular flexibility index (Phi) is 4.80. The lowest BCUT2D eigenvalue weighted by Gasteiger charge is -2.20. The van der Waals surface area contributed by atoms with Crippen LogP contribution in [0.1, 0.15) is 29.5 Å². The van der Waals surface area contributed by atoms with Crippen molar-refractivity contribution >= 4 is 29.0 Å². The van der Waals surface area contributed by atoms with Gasteiger partial charge in [-0.15, -0.1) is 11.3 Å². The maximum absolute atomic E-state index is 13.5. The number of halogens is 1. The number of carbonyl (C=O) groups is 1. The number of rotatable bonds is 3. The minimum atomic E-state index is -0.943. The third-order valence-electron chi connectivity index (χ3n) is 4.23. The largest absolute Gasteiger partial charge is 0.369 e. The average molecular weight is 389 g/mol. The maximum Gasteiger partial charge on any atom is 0.247 e. The molecule has 3 N–H and O–H groups in total. The van der Waals surface area contributed by atoms with Gasteiger partial charge < -0.3 is 15.7 Å². The molecule has 1 aliphatic heterocycles. The van der Waals surface area contributed by atoms with Crippen molar-refractivity contribution in [1.82, 2.24) is 15.6 Å². The lowest BCUT2D eigenvalue weighted by molar-refractivity contribution is -0.117. The number of thioether (sulfide) groups is 1. The number of nitrogens with zero attached hydrogens (tertiary/aromatic N) is 1. The summed E-state index contributed by atoms with van der Waals surface area (Å²) in [5.41, 5.74) is 3.74. The van der Waals surface area contributed by atoms with E-state index in [9.17, 15) is 14.3 Å². The zero-order valence-corrected chi connectivity index (χ0v) is 15.3. The van der Waals surface area contributed by atoms with Crippen molar-refractivity contribution < 1.29 is 14.3 Å². The van der Waals surface area contributed by atoms with Crippen LogP contribution in [-0.4, -0.2) is 16.0 Å². The summed E-state index contributed by atoms with van der Waals surface area (Å²) < 4.78 is 13.5. The van der Waals surface area contributed by atoms with Gasteiger partial charge in [-0.2, -0.15) is 0 Å². The fourth-order valence-corrected chi connectivity index (χ4v) is 4.61. The number of benzene rings is 1. The van der Waals surface area contributed by atoms with Crippen LogP contribution < -0.4 is 10.6 Å². The van der Waals surface area contributed by atoms with Crippen LogP contribution in [0.25, 0.3) is 0 Å². The molecule has 0 saturated heterocycles. The lowest BCUT2D eigenvalue weighted by atomic mass is 10.0. The van der Waals surface area contributed by atoms with Gasteiger partial charge >= 0.3 is 0 Å². The highest BCUT2D eigenvalue weighted by molar-refractivity contribution is 8.03. The predicted octanol–water partition coefficient (Wildman–Crippen LogP) is 3.22.